The van der Waals surface area contributed by atoms with Crippen LogP contribution in [0.1, 0.15) is 11.1 Å². The van der Waals surface area contributed by atoms with Gasteiger partial charge in [0.05, 0.1) is 0 Å². The number of phenolic OH excluding ortho intramolecular Hbond substituents is 1. The number of phenols is 1. The molecule has 0 spiro atoms. The van der Waals surface area contributed by atoms with E-state index in [1.165, 1.54) is 0 Å². The average Bonchev–Trinajstić information content (AvgIpc) is 3.15. The molecular formula is C22H21N6O+. The Bertz CT molecular complexity index is 1110. The first kappa shape index (κ1) is 17.6. The summed E-state index contributed by atoms with van der Waals surface area (Å²) in [6.07, 6.45) is 5.99. The number of likely N-dealkylation sites (N-methyl/N-ethyl adjacent to an activating group) is 1. The Hall–Kier alpha value is -3.47. The van der Waals surface area contributed by atoms with Gasteiger partial charge in [-0.05, 0) is 28.9 Å². The quantitative estimate of drug-likeness (QED) is 0.637. The maximum Gasteiger partial charge on any atom is 0.351 e. The Morgan fingerprint density at radius 2 is 1.83 bits per heavy atom. The highest BCUT2D eigenvalue weighted by Gasteiger charge is 2.49. The van der Waals surface area contributed by atoms with E-state index >= 15 is 0 Å². The van der Waals surface area contributed by atoms with Crippen LogP contribution >= 0.6 is 0 Å². The lowest BCUT2D eigenvalue weighted by Gasteiger charge is -2.34. The summed E-state index contributed by atoms with van der Waals surface area (Å²) in [5.41, 5.74) is 3.04. The molecule has 5 rings (SSSR count). The van der Waals surface area contributed by atoms with E-state index in [1.807, 2.05) is 48.6 Å². The number of aliphatic imine (C=N–C) groups is 1. The number of amidine groups is 2. The molecule has 0 aromatic heterocycles. The molecule has 144 valence electrons. The van der Waals surface area contributed by atoms with Crippen molar-refractivity contribution in [3.05, 3.63) is 59.7 Å². The SMILES string of the molecule is CN1CCN(c2cc(O)c3c(c2)C=CC2=NC(c4ccccc4)=N[N+]23C#N)CC1. The lowest BCUT2D eigenvalue weighted by atomic mass is 10.0. The first-order valence-corrected chi connectivity index (χ1v) is 9.65. The second-order valence-corrected chi connectivity index (χ2v) is 7.52. The van der Waals surface area contributed by atoms with Crippen molar-refractivity contribution >= 4 is 29.1 Å². The van der Waals surface area contributed by atoms with Crippen molar-refractivity contribution in [2.45, 2.75) is 0 Å². The number of hydrogen-bond acceptors (Lipinski definition) is 6. The monoisotopic (exact) mass is 385 g/mol. The van der Waals surface area contributed by atoms with Crippen LogP contribution in [0.3, 0.4) is 0 Å². The molecule has 1 unspecified atom stereocenters. The Balaban J connectivity index is 1.60. The number of nitriles is 1. The van der Waals surface area contributed by atoms with Crippen LogP contribution in [0.25, 0.3) is 6.08 Å². The number of anilines is 1. The van der Waals surface area contributed by atoms with Gasteiger partial charge < -0.3 is 14.9 Å². The maximum absolute atomic E-state index is 11.0. The van der Waals surface area contributed by atoms with E-state index in [2.05, 4.69) is 33.1 Å². The minimum atomic E-state index is -0.481. The predicted molar refractivity (Wildman–Crippen MR) is 115 cm³/mol. The lowest BCUT2D eigenvalue weighted by molar-refractivity contribution is 0.312. The average molecular weight is 385 g/mol. The number of benzene rings is 2. The van der Waals surface area contributed by atoms with Gasteiger partial charge in [-0.3, -0.25) is 0 Å². The van der Waals surface area contributed by atoms with Crippen molar-refractivity contribution in [3.8, 4) is 11.9 Å². The molecule has 1 fully saturated rings. The summed E-state index contributed by atoms with van der Waals surface area (Å²) in [5.74, 6) is 1.04. The highest BCUT2D eigenvalue weighted by Crippen LogP contribution is 2.45. The molecule has 2 aromatic rings. The number of rotatable bonds is 2. The van der Waals surface area contributed by atoms with Crippen LogP contribution in [0.15, 0.2) is 58.6 Å². The molecule has 0 aliphatic carbocycles. The number of quaternary nitrogens is 1. The molecule has 3 aliphatic rings. The van der Waals surface area contributed by atoms with Gasteiger partial charge in [0, 0.05) is 55.1 Å². The summed E-state index contributed by atoms with van der Waals surface area (Å²) < 4.78 is -0.481. The summed E-state index contributed by atoms with van der Waals surface area (Å²) in [7, 11) is 2.11. The second-order valence-electron chi connectivity index (χ2n) is 7.52. The molecule has 1 saturated heterocycles. The zero-order valence-corrected chi connectivity index (χ0v) is 16.2. The molecule has 29 heavy (non-hydrogen) atoms. The Morgan fingerprint density at radius 3 is 2.55 bits per heavy atom. The summed E-state index contributed by atoms with van der Waals surface area (Å²) in [4.78, 5) is 9.14. The van der Waals surface area contributed by atoms with Crippen molar-refractivity contribution in [1.29, 1.82) is 5.26 Å². The van der Waals surface area contributed by atoms with Gasteiger partial charge in [0.1, 0.15) is 0 Å². The molecule has 2 aromatic carbocycles. The minimum Gasteiger partial charge on any atom is -0.503 e. The van der Waals surface area contributed by atoms with Crippen LogP contribution in [-0.4, -0.2) is 54.9 Å². The third-order valence-electron chi connectivity index (χ3n) is 5.68. The molecule has 7 nitrogen and oxygen atoms in total. The second kappa shape index (κ2) is 6.55. The number of nitrogens with zero attached hydrogens (tertiary/aromatic N) is 6. The van der Waals surface area contributed by atoms with E-state index in [-0.39, 0.29) is 5.75 Å². The van der Waals surface area contributed by atoms with E-state index in [0.717, 1.165) is 43.0 Å². The first-order valence-electron chi connectivity index (χ1n) is 9.65. The molecule has 0 bridgehead atoms. The van der Waals surface area contributed by atoms with Crippen LogP contribution < -0.4 is 9.49 Å². The minimum absolute atomic E-state index is 0.0630. The molecule has 0 amide bonds. The summed E-state index contributed by atoms with van der Waals surface area (Å²) in [6, 6.07) is 13.3. The Labute approximate surface area is 169 Å². The van der Waals surface area contributed by atoms with Gasteiger partial charge in [-0.25, -0.2) is 0 Å². The van der Waals surface area contributed by atoms with Crippen molar-refractivity contribution in [2.75, 3.05) is 38.1 Å². The normalized spacial score (nSPS) is 23.1. The zero-order valence-electron chi connectivity index (χ0n) is 16.2. The van der Waals surface area contributed by atoms with Crippen LogP contribution in [0, 0.1) is 11.5 Å². The fraction of sp³-hybridized carbons (Fsp3) is 0.227. The number of hydrogen-bond donors (Lipinski definition) is 1. The van der Waals surface area contributed by atoms with Crippen LogP contribution in [0.4, 0.5) is 11.4 Å². The van der Waals surface area contributed by atoms with E-state index < -0.39 is 4.59 Å². The van der Waals surface area contributed by atoms with Crippen molar-refractivity contribution < 1.29 is 5.11 Å². The largest absolute Gasteiger partial charge is 0.503 e. The van der Waals surface area contributed by atoms with Gasteiger partial charge in [-0.15, -0.1) is 5.26 Å². The third-order valence-corrected chi connectivity index (χ3v) is 5.68. The van der Waals surface area contributed by atoms with Gasteiger partial charge in [-0.2, -0.15) is 4.99 Å². The molecule has 3 aliphatic heterocycles. The van der Waals surface area contributed by atoms with Gasteiger partial charge in [-0.1, -0.05) is 30.3 Å². The van der Waals surface area contributed by atoms with Crippen LogP contribution in [-0.2, 0) is 0 Å². The van der Waals surface area contributed by atoms with Crippen molar-refractivity contribution in [3.63, 3.8) is 0 Å². The van der Waals surface area contributed by atoms with Crippen molar-refractivity contribution in [2.24, 2.45) is 10.1 Å². The molecule has 1 atom stereocenters. The fourth-order valence-corrected chi connectivity index (χ4v) is 4.06. The summed E-state index contributed by atoms with van der Waals surface area (Å²) >= 11 is 0. The number of aromatic hydroxyl groups is 1. The molecule has 1 N–H and O–H groups in total. The van der Waals surface area contributed by atoms with Crippen LogP contribution in [0.5, 0.6) is 5.75 Å². The molecule has 3 heterocycles. The van der Waals surface area contributed by atoms with Crippen molar-refractivity contribution in [1.82, 2.24) is 9.49 Å². The Kier molecular flexibility index (Phi) is 3.98. The molecule has 0 radical (unpaired) electrons. The number of fused-ring (bicyclic) bond motifs is 3. The van der Waals surface area contributed by atoms with E-state index in [1.54, 1.807) is 6.07 Å². The van der Waals surface area contributed by atoms with Crippen LogP contribution in [0.2, 0.25) is 0 Å². The molecular weight excluding hydrogens is 364 g/mol. The molecule has 7 heteroatoms. The lowest BCUT2D eigenvalue weighted by Crippen LogP contribution is -2.45. The van der Waals surface area contributed by atoms with E-state index in [4.69, 9.17) is 0 Å². The molecule has 0 saturated carbocycles. The van der Waals surface area contributed by atoms with E-state index in [9.17, 15) is 10.4 Å². The predicted octanol–water partition coefficient (Wildman–Crippen LogP) is 2.73. The van der Waals surface area contributed by atoms with Gasteiger partial charge in [0.15, 0.2) is 5.75 Å². The number of piperazine rings is 1. The highest BCUT2D eigenvalue weighted by atomic mass is 16.3. The smallest absolute Gasteiger partial charge is 0.351 e. The summed E-state index contributed by atoms with van der Waals surface area (Å²) in [6.45, 7) is 3.76. The standard InChI is InChI=1S/C22H20N6O/c1-26-9-11-27(12-10-26)18-13-17-7-8-20-24-22(16-5-3-2-4-6-16)25-28(20,15-23)21(17)19(29)14-18/h2-8,13-14H,9-12H2,1H3/p+1. The third kappa shape index (κ3) is 2.73. The van der Waals surface area contributed by atoms with Gasteiger partial charge in [0.2, 0.25) is 11.5 Å². The first-order chi connectivity index (χ1) is 14.1. The van der Waals surface area contributed by atoms with Gasteiger partial charge >= 0.3 is 6.19 Å². The van der Waals surface area contributed by atoms with Gasteiger partial charge in [0.25, 0.3) is 5.84 Å². The van der Waals surface area contributed by atoms with E-state index in [0.29, 0.717) is 17.4 Å². The Morgan fingerprint density at radius 1 is 1.07 bits per heavy atom. The fourth-order valence-electron chi connectivity index (χ4n) is 4.06. The highest BCUT2D eigenvalue weighted by molar-refractivity contribution is 6.21. The summed E-state index contributed by atoms with van der Waals surface area (Å²) in [5, 5.41) is 25.7. The zero-order chi connectivity index (χ0) is 20.0. The topological polar surface area (TPSA) is 75.2 Å². The maximum atomic E-state index is 11.0.